The summed E-state index contributed by atoms with van der Waals surface area (Å²) in [6.07, 6.45) is 1.06. The van der Waals surface area contributed by atoms with Crippen molar-refractivity contribution in [3.63, 3.8) is 0 Å². The van der Waals surface area contributed by atoms with Crippen LogP contribution in [0.1, 0.15) is 4.88 Å². The molecule has 3 rings (SSSR count). The van der Waals surface area contributed by atoms with E-state index >= 15 is 0 Å². The van der Waals surface area contributed by atoms with Crippen molar-refractivity contribution in [2.45, 2.75) is 6.42 Å². The third kappa shape index (κ3) is 4.26. The number of benzene rings is 1. The Labute approximate surface area is 142 Å². The van der Waals surface area contributed by atoms with Gasteiger partial charge in [0.25, 0.3) is 0 Å². The largest absolute Gasteiger partial charge is 0.368 e. The summed E-state index contributed by atoms with van der Waals surface area (Å²) in [6, 6.07) is 14.9. The van der Waals surface area contributed by atoms with Crippen LogP contribution in [0.2, 0.25) is 0 Å². The molecule has 1 N–H and O–H groups in total. The minimum absolute atomic E-state index is 0.937. The fraction of sp³-hybridized carbons (Fsp3) is 0.389. The van der Waals surface area contributed by atoms with Gasteiger partial charge >= 0.3 is 0 Å². The van der Waals surface area contributed by atoms with Crippen molar-refractivity contribution in [3.8, 4) is 0 Å². The maximum atomic E-state index is 4.44. The maximum Gasteiger partial charge on any atom is 0.193 e. The highest BCUT2D eigenvalue weighted by atomic mass is 32.1. The monoisotopic (exact) mass is 328 g/mol. The summed E-state index contributed by atoms with van der Waals surface area (Å²) in [5.41, 5.74) is 1.31. The highest BCUT2D eigenvalue weighted by Crippen LogP contribution is 2.15. The van der Waals surface area contributed by atoms with E-state index < -0.39 is 0 Å². The van der Waals surface area contributed by atoms with Crippen LogP contribution in [0.5, 0.6) is 0 Å². The number of thiophene rings is 1. The second kappa shape index (κ2) is 8.02. The first-order valence-corrected chi connectivity index (χ1v) is 9.03. The van der Waals surface area contributed by atoms with E-state index in [4.69, 9.17) is 0 Å². The van der Waals surface area contributed by atoms with Crippen LogP contribution >= 0.6 is 11.3 Å². The van der Waals surface area contributed by atoms with Gasteiger partial charge in [0.1, 0.15) is 0 Å². The van der Waals surface area contributed by atoms with Gasteiger partial charge in [-0.15, -0.1) is 11.3 Å². The molecule has 0 spiro atoms. The zero-order valence-corrected chi connectivity index (χ0v) is 14.4. The van der Waals surface area contributed by atoms with Crippen LogP contribution in [-0.4, -0.2) is 50.6 Å². The predicted octanol–water partition coefficient (Wildman–Crippen LogP) is 2.69. The van der Waals surface area contributed by atoms with Crippen molar-refractivity contribution in [1.82, 2.24) is 10.2 Å². The summed E-state index contributed by atoms with van der Waals surface area (Å²) in [5.74, 6) is 1.02. The van der Waals surface area contributed by atoms with Gasteiger partial charge in [-0.1, -0.05) is 24.3 Å². The Hall–Kier alpha value is -2.01. The zero-order valence-electron chi connectivity index (χ0n) is 13.6. The fourth-order valence-corrected chi connectivity index (χ4v) is 3.61. The third-order valence-corrected chi connectivity index (χ3v) is 5.08. The molecule has 0 aliphatic carbocycles. The van der Waals surface area contributed by atoms with Crippen molar-refractivity contribution < 1.29 is 0 Å². The standard InChI is InChI=1S/C18H24N4S/c1-19-18(20-10-9-17-8-5-15-23-17)22-13-11-21(12-14-22)16-6-3-2-4-7-16/h2-8,15H,9-14H2,1H3,(H,19,20). The van der Waals surface area contributed by atoms with Crippen LogP contribution in [-0.2, 0) is 6.42 Å². The van der Waals surface area contributed by atoms with Crippen molar-refractivity contribution in [2.24, 2.45) is 4.99 Å². The molecular formula is C18H24N4S. The van der Waals surface area contributed by atoms with Crippen LogP contribution in [0.4, 0.5) is 5.69 Å². The molecule has 4 nitrogen and oxygen atoms in total. The quantitative estimate of drug-likeness (QED) is 0.691. The number of nitrogens with zero attached hydrogens (tertiary/aromatic N) is 3. The van der Waals surface area contributed by atoms with Gasteiger partial charge in [-0.25, -0.2) is 0 Å². The Balaban J connectivity index is 1.47. The first kappa shape index (κ1) is 15.9. The topological polar surface area (TPSA) is 30.9 Å². The minimum Gasteiger partial charge on any atom is -0.368 e. The number of guanidine groups is 1. The van der Waals surface area contributed by atoms with Crippen LogP contribution < -0.4 is 10.2 Å². The lowest BCUT2D eigenvalue weighted by molar-refractivity contribution is 0.373. The van der Waals surface area contributed by atoms with E-state index in [-0.39, 0.29) is 0 Å². The Kier molecular flexibility index (Phi) is 5.53. The summed E-state index contributed by atoms with van der Waals surface area (Å²) >= 11 is 1.82. The Morgan fingerprint density at radius 1 is 1.09 bits per heavy atom. The summed E-state index contributed by atoms with van der Waals surface area (Å²) < 4.78 is 0. The summed E-state index contributed by atoms with van der Waals surface area (Å²) in [6.45, 7) is 5.03. The van der Waals surface area contributed by atoms with Gasteiger partial charge in [-0.2, -0.15) is 0 Å². The molecule has 1 aliphatic heterocycles. The molecule has 0 bridgehead atoms. The van der Waals surface area contributed by atoms with Gasteiger partial charge in [0.15, 0.2) is 5.96 Å². The number of aliphatic imine (C=N–C) groups is 1. The van der Waals surface area contributed by atoms with Gasteiger partial charge in [0.2, 0.25) is 0 Å². The lowest BCUT2D eigenvalue weighted by Gasteiger charge is -2.37. The molecule has 2 heterocycles. The molecule has 122 valence electrons. The number of piperazine rings is 1. The smallest absolute Gasteiger partial charge is 0.193 e. The van der Waals surface area contributed by atoms with E-state index in [1.807, 2.05) is 18.4 Å². The number of rotatable bonds is 4. The van der Waals surface area contributed by atoms with E-state index in [0.29, 0.717) is 0 Å². The first-order chi connectivity index (χ1) is 11.4. The van der Waals surface area contributed by atoms with Crippen molar-refractivity contribution in [1.29, 1.82) is 0 Å². The molecule has 5 heteroatoms. The van der Waals surface area contributed by atoms with Crippen LogP contribution in [0, 0.1) is 0 Å². The first-order valence-electron chi connectivity index (χ1n) is 8.15. The van der Waals surface area contributed by atoms with Gasteiger partial charge in [0.05, 0.1) is 0 Å². The van der Waals surface area contributed by atoms with E-state index in [1.165, 1.54) is 10.6 Å². The number of nitrogens with one attached hydrogen (secondary N) is 1. The molecule has 23 heavy (non-hydrogen) atoms. The predicted molar refractivity (Wildman–Crippen MR) is 99.6 cm³/mol. The molecule has 1 aromatic carbocycles. The van der Waals surface area contributed by atoms with E-state index in [2.05, 4.69) is 68.0 Å². The fourth-order valence-electron chi connectivity index (χ4n) is 2.90. The normalized spacial score (nSPS) is 15.8. The Morgan fingerprint density at radius 2 is 1.87 bits per heavy atom. The molecule has 1 aliphatic rings. The molecular weight excluding hydrogens is 304 g/mol. The molecule has 1 aromatic heterocycles. The van der Waals surface area contributed by atoms with Crippen LogP contribution in [0.25, 0.3) is 0 Å². The number of hydrogen-bond donors (Lipinski definition) is 1. The van der Waals surface area contributed by atoms with Crippen molar-refractivity contribution in [3.05, 3.63) is 52.7 Å². The highest BCUT2D eigenvalue weighted by Gasteiger charge is 2.19. The van der Waals surface area contributed by atoms with Gasteiger partial charge in [-0.3, -0.25) is 4.99 Å². The summed E-state index contributed by atoms with van der Waals surface area (Å²) in [7, 11) is 1.87. The maximum absolute atomic E-state index is 4.44. The van der Waals surface area contributed by atoms with E-state index in [1.54, 1.807) is 0 Å². The molecule has 0 radical (unpaired) electrons. The van der Waals surface area contributed by atoms with Gasteiger partial charge in [0, 0.05) is 50.3 Å². The molecule has 0 unspecified atom stereocenters. The van der Waals surface area contributed by atoms with Crippen molar-refractivity contribution in [2.75, 3.05) is 44.7 Å². The second-order valence-electron chi connectivity index (χ2n) is 5.61. The molecule has 0 saturated carbocycles. The highest BCUT2D eigenvalue weighted by molar-refractivity contribution is 7.09. The van der Waals surface area contributed by atoms with Gasteiger partial charge < -0.3 is 15.1 Å². The lowest BCUT2D eigenvalue weighted by Crippen LogP contribution is -2.52. The Morgan fingerprint density at radius 3 is 2.52 bits per heavy atom. The third-order valence-electron chi connectivity index (χ3n) is 4.15. The molecule has 1 saturated heterocycles. The minimum atomic E-state index is 0.937. The number of anilines is 1. The zero-order chi connectivity index (χ0) is 15.9. The van der Waals surface area contributed by atoms with E-state index in [0.717, 1.165) is 45.1 Å². The average Bonchev–Trinajstić information content (AvgIpc) is 3.13. The van der Waals surface area contributed by atoms with Crippen molar-refractivity contribution >= 4 is 23.0 Å². The Bertz CT molecular complexity index is 601. The second-order valence-corrected chi connectivity index (χ2v) is 6.65. The molecule has 0 atom stereocenters. The SMILES string of the molecule is CN=C(NCCc1cccs1)N1CCN(c2ccccc2)CC1. The number of hydrogen-bond acceptors (Lipinski definition) is 3. The molecule has 1 fully saturated rings. The summed E-state index contributed by atoms with van der Waals surface area (Å²) in [4.78, 5) is 10.7. The van der Waals surface area contributed by atoms with E-state index in [9.17, 15) is 0 Å². The average molecular weight is 328 g/mol. The summed E-state index contributed by atoms with van der Waals surface area (Å²) in [5, 5.41) is 5.63. The lowest BCUT2D eigenvalue weighted by atomic mass is 10.2. The van der Waals surface area contributed by atoms with Crippen LogP contribution in [0.3, 0.4) is 0 Å². The molecule has 2 aromatic rings. The van der Waals surface area contributed by atoms with Crippen LogP contribution in [0.15, 0.2) is 52.8 Å². The number of para-hydroxylation sites is 1. The molecule has 0 amide bonds. The van der Waals surface area contributed by atoms with Gasteiger partial charge in [-0.05, 0) is 30.0 Å².